The molecule has 0 radical (unpaired) electrons. The Hall–Kier alpha value is -0.450. The van der Waals surface area contributed by atoms with Gasteiger partial charge in [-0.25, -0.2) is 4.98 Å². The maximum Gasteiger partial charge on any atom is 0.0897 e. The minimum atomic E-state index is 0.242. The molecule has 19 heavy (non-hydrogen) atoms. The molecular weight excluding hydrogens is 254 g/mol. The van der Waals surface area contributed by atoms with Crippen LogP contribution >= 0.6 is 11.3 Å². The van der Waals surface area contributed by atoms with Gasteiger partial charge in [0.2, 0.25) is 0 Å². The predicted octanol–water partition coefficient (Wildman–Crippen LogP) is 2.70. The molecule has 0 amide bonds. The van der Waals surface area contributed by atoms with E-state index in [4.69, 9.17) is 0 Å². The first-order chi connectivity index (χ1) is 8.92. The van der Waals surface area contributed by atoms with Gasteiger partial charge in [0.1, 0.15) is 0 Å². The number of hydrogen-bond acceptors (Lipinski definition) is 4. The van der Waals surface area contributed by atoms with Crippen LogP contribution in [0.15, 0.2) is 5.38 Å². The number of nitrogens with zero attached hydrogens (tertiary/aromatic N) is 2. The molecule has 1 saturated heterocycles. The van der Waals surface area contributed by atoms with Crippen LogP contribution in [0.3, 0.4) is 0 Å². The third kappa shape index (κ3) is 5.21. The van der Waals surface area contributed by atoms with Crippen molar-refractivity contribution in [1.82, 2.24) is 15.2 Å². The molecule has 0 aromatic carbocycles. The van der Waals surface area contributed by atoms with E-state index in [0.29, 0.717) is 0 Å². The fraction of sp³-hybridized carbons (Fsp3) is 0.800. The van der Waals surface area contributed by atoms with Crippen molar-refractivity contribution in [2.24, 2.45) is 5.92 Å². The maximum absolute atomic E-state index is 4.54. The van der Waals surface area contributed by atoms with Gasteiger partial charge >= 0.3 is 0 Å². The SMILES string of the molecule is Cc1nc(CCN2CCC(CNC(C)(C)C)C2)cs1. The molecule has 3 nitrogen and oxygen atoms in total. The average molecular weight is 281 g/mol. The number of aryl methyl sites for hydroxylation is 1. The number of likely N-dealkylation sites (tertiary alicyclic amines) is 1. The summed E-state index contributed by atoms with van der Waals surface area (Å²) in [6.45, 7) is 13.6. The van der Waals surface area contributed by atoms with Crippen LogP contribution in [0.4, 0.5) is 0 Å². The largest absolute Gasteiger partial charge is 0.312 e. The second-order valence-corrected chi connectivity index (χ2v) is 7.76. The van der Waals surface area contributed by atoms with Gasteiger partial charge in [-0.05, 0) is 53.1 Å². The molecule has 1 unspecified atom stereocenters. The lowest BCUT2D eigenvalue weighted by atomic mass is 10.1. The molecule has 1 atom stereocenters. The van der Waals surface area contributed by atoms with Crippen molar-refractivity contribution in [3.63, 3.8) is 0 Å². The van der Waals surface area contributed by atoms with Gasteiger partial charge in [0, 0.05) is 30.4 Å². The normalized spacial score (nSPS) is 21.2. The van der Waals surface area contributed by atoms with E-state index in [1.807, 2.05) is 0 Å². The topological polar surface area (TPSA) is 28.2 Å². The molecule has 1 aliphatic heterocycles. The smallest absolute Gasteiger partial charge is 0.0897 e. The zero-order valence-corrected chi connectivity index (χ0v) is 13.5. The average Bonchev–Trinajstić information content (AvgIpc) is 2.92. The summed E-state index contributed by atoms with van der Waals surface area (Å²) < 4.78 is 0. The minimum absolute atomic E-state index is 0.242. The third-order valence-electron chi connectivity index (χ3n) is 3.64. The molecular formula is C15H27N3S. The summed E-state index contributed by atoms with van der Waals surface area (Å²) in [4.78, 5) is 7.13. The first-order valence-corrected chi connectivity index (χ1v) is 8.19. The van der Waals surface area contributed by atoms with E-state index < -0.39 is 0 Å². The van der Waals surface area contributed by atoms with E-state index in [1.165, 1.54) is 30.2 Å². The summed E-state index contributed by atoms with van der Waals surface area (Å²) in [5, 5.41) is 7.01. The highest BCUT2D eigenvalue weighted by molar-refractivity contribution is 7.09. The molecule has 1 aromatic heterocycles. The number of rotatable bonds is 5. The number of hydrogen-bond donors (Lipinski definition) is 1. The Balaban J connectivity index is 1.67. The summed E-state index contributed by atoms with van der Waals surface area (Å²) in [5.41, 5.74) is 1.50. The number of thiazole rings is 1. The van der Waals surface area contributed by atoms with E-state index >= 15 is 0 Å². The zero-order chi connectivity index (χ0) is 13.9. The Morgan fingerprint density at radius 1 is 1.47 bits per heavy atom. The Kier molecular flexibility index (Phi) is 4.98. The Labute approximate surface area is 121 Å². The summed E-state index contributed by atoms with van der Waals surface area (Å²) in [5.74, 6) is 0.816. The molecule has 4 heteroatoms. The van der Waals surface area contributed by atoms with Crippen molar-refractivity contribution in [3.05, 3.63) is 16.1 Å². The summed E-state index contributed by atoms with van der Waals surface area (Å²) in [7, 11) is 0. The highest BCUT2D eigenvalue weighted by Gasteiger charge is 2.23. The van der Waals surface area contributed by atoms with Crippen LogP contribution in [0.25, 0.3) is 0 Å². The van der Waals surface area contributed by atoms with E-state index in [2.05, 4.69) is 48.3 Å². The molecule has 2 heterocycles. The van der Waals surface area contributed by atoms with Gasteiger partial charge in [-0.3, -0.25) is 0 Å². The van der Waals surface area contributed by atoms with Gasteiger partial charge in [-0.1, -0.05) is 0 Å². The van der Waals surface area contributed by atoms with Crippen LogP contribution in [0.1, 0.15) is 37.9 Å². The van der Waals surface area contributed by atoms with Crippen molar-refractivity contribution in [2.45, 2.75) is 46.1 Å². The molecule has 2 rings (SSSR count). The lowest BCUT2D eigenvalue weighted by Crippen LogP contribution is -2.39. The Bertz CT molecular complexity index is 394. The van der Waals surface area contributed by atoms with Gasteiger partial charge in [-0.15, -0.1) is 11.3 Å². The summed E-state index contributed by atoms with van der Waals surface area (Å²) in [6.07, 6.45) is 2.43. The van der Waals surface area contributed by atoms with E-state index in [1.54, 1.807) is 11.3 Å². The highest BCUT2D eigenvalue weighted by atomic mass is 32.1. The van der Waals surface area contributed by atoms with Gasteiger partial charge < -0.3 is 10.2 Å². The van der Waals surface area contributed by atoms with Crippen LogP contribution in [0, 0.1) is 12.8 Å². The predicted molar refractivity (Wildman–Crippen MR) is 82.9 cm³/mol. The van der Waals surface area contributed by atoms with Crippen molar-refractivity contribution >= 4 is 11.3 Å². The van der Waals surface area contributed by atoms with Crippen LogP contribution in [0.5, 0.6) is 0 Å². The Morgan fingerprint density at radius 2 is 2.26 bits per heavy atom. The molecule has 1 aromatic rings. The highest BCUT2D eigenvalue weighted by Crippen LogP contribution is 2.17. The molecule has 0 bridgehead atoms. The number of aromatic nitrogens is 1. The van der Waals surface area contributed by atoms with E-state index in [-0.39, 0.29) is 5.54 Å². The van der Waals surface area contributed by atoms with Crippen molar-refractivity contribution in [3.8, 4) is 0 Å². The summed E-state index contributed by atoms with van der Waals surface area (Å²) >= 11 is 1.76. The van der Waals surface area contributed by atoms with Crippen molar-refractivity contribution in [2.75, 3.05) is 26.2 Å². The first kappa shape index (κ1) is 14.9. The maximum atomic E-state index is 4.54. The standard InChI is InChI=1S/C15H27N3S/c1-12-17-14(11-19-12)6-8-18-7-5-13(10-18)9-16-15(2,3)4/h11,13,16H,5-10H2,1-4H3. The van der Waals surface area contributed by atoms with Crippen LogP contribution in [0.2, 0.25) is 0 Å². The monoisotopic (exact) mass is 281 g/mol. The van der Waals surface area contributed by atoms with Gasteiger partial charge in [0.05, 0.1) is 10.7 Å². The zero-order valence-electron chi connectivity index (χ0n) is 12.7. The van der Waals surface area contributed by atoms with Gasteiger partial charge in [0.25, 0.3) is 0 Å². The minimum Gasteiger partial charge on any atom is -0.312 e. The van der Waals surface area contributed by atoms with Crippen LogP contribution in [-0.4, -0.2) is 41.6 Å². The number of nitrogens with one attached hydrogen (secondary N) is 1. The van der Waals surface area contributed by atoms with Gasteiger partial charge in [-0.2, -0.15) is 0 Å². The van der Waals surface area contributed by atoms with Crippen molar-refractivity contribution < 1.29 is 0 Å². The first-order valence-electron chi connectivity index (χ1n) is 7.31. The second kappa shape index (κ2) is 6.33. The van der Waals surface area contributed by atoms with Crippen molar-refractivity contribution in [1.29, 1.82) is 0 Å². The summed E-state index contributed by atoms with van der Waals surface area (Å²) in [6, 6.07) is 0. The third-order valence-corrected chi connectivity index (χ3v) is 4.46. The molecule has 1 fully saturated rings. The van der Waals surface area contributed by atoms with Gasteiger partial charge in [0.15, 0.2) is 0 Å². The van der Waals surface area contributed by atoms with Crippen LogP contribution < -0.4 is 5.32 Å². The molecule has 0 spiro atoms. The van der Waals surface area contributed by atoms with E-state index in [9.17, 15) is 0 Å². The van der Waals surface area contributed by atoms with Crippen LogP contribution in [-0.2, 0) is 6.42 Å². The lowest BCUT2D eigenvalue weighted by Gasteiger charge is -2.23. The Morgan fingerprint density at radius 3 is 2.89 bits per heavy atom. The fourth-order valence-electron chi connectivity index (χ4n) is 2.53. The molecule has 108 valence electrons. The molecule has 1 N–H and O–H groups in total. The second-order valence-electron chi connectivity index (χ2n) is 6.69. The molecule has 0 aliphatic carbocycles. The molecule has 0 saturated carbocycles. The fourth-order valence-corrected chi connectivity index (χ4v) is 3.18. The quantitative estimate of drug-likeness (QED) is 0.899. The molecule has 1 aliphatic rings. The lowest BCUT2D eigenvalue weighted by molar-refractivity contribution is 0.314. The van der Waals surface area contributed by atoms with E-state index in [0.717, 1.165) is 25.4 Å².